The van der Waals surface area contributed by atoms with Crippen LogP contribution in [0.15, 0.2) is 18.2 Å². The Balaban J connectivity index is 2.01. The quantitative estimate of drug-likeness (QED) is 0.887. The number of hydrogen-bond acceptors (Lipinski definition) is 2. The molecule has 0 bridgehead atoms. The summed E-state index contributed by atoms with van der Waals surface area (Å²) in [5, 5.41) is 8.97. The zero-order valence-electron chi connectivity index (χ0n) is 11.0. The molecule has 2 rings (SSSR count). The summed E-state index contributed by atoms with van der Waals surface area (Å²) < 4.78 is 13.9. The second-order valence-electron chi connectivity index (χ2n) is 5.33. The second kappa shape index (κ2) is 6.19. The highest BCUT2D eigenvalue weighted by Gasteiger charge is 2.17. The predicted molar refractivity (Wildman–Crippen MR) is 72.2 cm³/mol. The van der Waals surface area contributed by atoms with Crippen LogP contribution < -0.4 is 4.90 Å². The molecule has 1 fully saturated rings. The molecule has 1 aliphatic rings. The SMILES string of the molecule is CN(CC1CCCCC1)c1ccc(CO)cc1F. The Morgan fingerprint density at radius 1 is 1.28 bits per heavy atom. The molecule has 100 valence electrons. The third-order valence-electron chi connectivity index (χ3n) is 3.86. The van der Waals surface area contributed by atoms with Gasteiger partial charge in [-0.3, -0.25) is 0 Å². The van der Waals surface area contributed by atoms with E-state index < -0.39 is 0 Å². The van der Waals surface area contributed by atoms with Crippen molar-refractivity contribution < 1.29 is 9.50 Å². The van der Waals surface area contributed by atoms with E-state index in [1.54, 1.807) is 12.1 Å². The molecule has 3 heteroatoms. The Labute approximate surface area is 108 Å². The number of benzene rings is 1. The van der Waals surface area contributed by atoms with E-state index in [0.29, 0.717) is 17.2 Å². The third-order valence-corrected chi connectivity index (χ3v) is 3.86. The maximum Gasteiger partial charge on any atom is 0.146 e. The van der Waals surface area contributed by atoms with Crippen LogP contribution in [0.4, 0.5) is 10.1 Å². The molecule has 0 aliphatic heterocycles. The summed E-state index contributed by atoms with van der Waals surface area (Å²) in [5.74, 6) is 0.459. The maximum absolute atomic E-state index is 13.9. The van der Waals surface area contributed by atoms with Gasteiger partial charge in [-0.2, -0.15) is 0 Å². The minimum Gasteiger partial charge on any atom is -0.392 e. The van der Waals surface area contributed by atoms with Crippen LogP contribution in [0.1, 0.15) is 37.7 Å². The third kappa shape index (κ3) is 3.22. The van der Waals surface area contributed by atoms with Gasteiger partial charge in [0.15, 0.2) is 0 Å². The van der Waals surface area contributed by atoms with Crippen molar-refractivity contribution in [2.45, 2.75) is 38.7 Å². The van der Waals surface area contributed by atoms with Crippen LogP contribution in [-0.4, -0.2) is 18.7 Å². The molecular formula is C15H22FNO. The van der Waals surface area contributed by atoms with Crippen LogP contribution >= 0.6 is 0 Å². The molecule has 1 aliphatic carbocycles. The number of aliphatic hydroxyl groups excluding tert-OH is 1. The van der Waals surface area contributed by atoms with Gasteiger partial charge in [-0.05, 0) is 36.5 Å². The molecule has 0 unspecified atom stereocenters. The number of aliphatic hydroxyl groups is 1. The zero-order valence-corrected chi connectivity index (χ0v) is 11.0. The normalized spacial score (nSPS) is 16.8. The van der Waals surface area contributed by atoms with Crippen LogP contribution in [-0.2, 0) is 6.61 Å². The van der Waals surface area contributed by atoms with E-state index >= 15 is 0 Å². The van der Waals surface area contributed by atoms with E-state index in [0.717, 1.165) is 6.54 Å². The Kier molecular flexibility index (Phi) is 4.59. The van der Waals surface area contributed by atoms with Gasteiger partial charge in [-0.25, -0.2) is 4.39 Å². The molecule has 1 aromatic rings. The lowest BCUT2D eigenvalue weighted by atomic mass is 9.89. The predicted octanol–water partition coefficient (Wildman–Crippen LogP) is 3.33. The number of nitrogens with zero attached hydrogens (tertiary/aromatic N) is 1. The lowest BCUT2D eigenvalue weighted by Crippen LogP contribution is -2.27. The van der Waals surface area contributed by atoms with Gasteiger partial charge in [0.2, 0.25) is 0 Å². The number of anilines is 1. The molecule has 0 aromatic heterocycles. The molecule has 1 saturated carbocycles. The molecule has 0 radical (unpaired) electrons. The molecule has 2 nitrogen and oxygen atoms in total. The van der Waals surface area contributed by atoms with Crippen molar-refractivity contribution in [3.05, 3.63) is 29.6 Å². The first-order valence-corrected chi connectivity index (χ1v) is 6.81. The minimum atomic E-state index is -0.236. The van der Waals surface area contributed by atoms with E-state index in [4.69, 9.17) is 5.11 Å². The average molecular weight is 251 g/mol. The first-order chi connectivity index (χ1) is 8.70. The number of rotatable bonds is 4. The van der Waals surface area contributed by atoms with Gasteiger partial charge in [0, 0.05) is 13.6 Å². The highest BCUT2D eigenvalue weighted by molar-refractivity contribution is 5.48. The molecule has 1 aromatic carbocycles. The van der Waals surface area contributed by atoms with Gasteiger partial charge >= 0.3 is 0 Å². The fourth-order valence-electron chi connectivity index (χ4n) is 2.81. The van der Waals surface area contributed by atoms with Crippen LogP contribution in [0.2, 0.25) is 0 Å². The largest absolute Gasteiger partial charge is 0.392 e. The molecule has 0 saturated heterocycles. The molecule has 0 heterocycles. The molecular weight excluding hydrogens is 229 g/mol. The molecule has 1 N–H and O–H groups in total. The van der Waals surface area contributed by atoms with E-state index in [-0.39, 0.29) is 12.4 Å². The average Bonchev–Trinajstić information content (AvgIpc) is 2.39. The van der Waals surface area contributed by atoms with Crippen molar-refractivity contribution in [1.29, 1.82) is 0 Å². The maximum atomic E-state index is 13.9. The van der Waals surface area contributed by atoms with Crippen molar-refractivity contribution in [3.8, 4) is 0 Å². The lowest BCUT2D eigenvalue weighted by molar-refractivity contribution is 0.281. The van der Waals surface area contributed by atoms with E-state index in [2.05, 4.69) is 0 Å². The van der Waals surface area contributed by atoms with Crippen LogP contribution in [0, 0.1) is 11.7 Å². The fraction of sp³-hybridized carbons (Fsp3) is 0.600. The summed E-state index contributed by atoms with van der Waals surface area (Å²) in [6, 6.07) is 4.98. The summed E-state index contributed by atoms with van der Waals surface area (Å²) in [4.78, 5) is 2.01. The van der Waals surface area contributed by atoms with Crippen molar-refractivity contribution in [2.24, 2.45) is 5.92 Å². The van der Waals surface area contributed by atoms with Crippen LogP contribution in [0.5, 0.6) is 0 Å². The number of halogens is 1. The number of hydrogen-bond donors (Lipinski definition) is 1. The standard InChI is InChI=1S/C15H22FNO/c1-17(10-12-5-3-2-4-6-12)15-8-7-13(11-18)9-14(15)16/h7-9,12,18H,2-6,10-11H2,1H3. The summed E-state index contributed by atoms with van der Waals surface area (Å²) in [5.41, 5.74) is 1.26. The van der Waals surface area contributed by atoms with Gasteiger partial charge in [-0.15, -0.1) is 0 Å². The van der Waals surface area contributed by atoms with Crippen LogP contribution in [0.3, 0.4) is 0 Å². The first kappa shape index (κ1) is 13.3. The van der Waals surface area contributed by atoms with Crippen molar-refractivity contribution in [1.82, 2.24) is 0 Å². The van der Waals surface area contributed by atoms with Crippen molar-refractivity contribution >= 4 is 5.69 Å². The highest BCUT2D eigenvalue weighted by Crippen LogP contribution is 2.27. The Bertz CT molecular complexity index is 388. The minimum absolute atomic E-state index is 0.108. The highest BCUT2D eigenvalue weighted by atomic mass is 19.1. The van der Waals surface area contributed by atoms with E-state index in [1.807, 2.05) is 11.9 Å². The van der Waals surface area contributed by atoms with E-state index in [1.165, 1.54) is 38.2 Å². The summed E-state index contributed by atoms with van der Waals surface area (Å²) in [7, 11) is 1.95. The monoisotopic (exact) mass is 251 g/mol. The second-order valence-corrected chi connectivity index (χ2v) is 5.33. The van der Waals surface area contributed by atoms with Gasteiger partial charge in [0.25, 0.3) is 0 Å². The topological polar surface area (TPSA) is 23.5 Å². The molecule has 0 spiro atoms. The Morgan fingerprint density at radius 2 is 2.00 bits per heavy atom. The van der Waals surface area contributed by atoms with Crippen LogP contribution in [0.25, 0.3) is 0 Å². The zero-order chi connectivity index (χ0) is 13.0. The van der Waals surface area contributed by atoms with Gasteiger partial charge < -0.3 is 10.0 Å². The summed E-state index contributed by atoms with van der Waals surface area (Å²) >= 11 is 0. The summed E-state index contributed by atoms with van der Waals surface area (Å²) in [6.07, 6.45) is 6.50. The molecule has 18 heavy (non-hydrogen) atoms. The van der Waals surface area contributed by atoms with E-state index in [9.17, 15) is 4.39 Å². The van der Waals surface area contributed by atoms with Crippen molar-refractivity contribution in [3.63, 3.8) is 0 Å². The van der Waals surface area contributed by atoms with Gasteiger partial charge in [0.1, 0.15) is 5.82 Å². The first-order valence-electron chi connectivity index (χ1n) is 6.81. The van der Waals surface area contributed by atoms with Gasteiger partial charge in [-0.1, -0.05) is 25.3 Å². The molecule has 0 atom stereocenters. The summed E-state index contributed by atoms with van der Waals surface area (Å²) in [6.45, 7) is 0.818. The molecule has 0 amide bonds. The van der Waals surface area contributed by atoms with Gasteiger partial charge in [0.05, 0.1) is 12.3 Å². The smallest absolute Gasteiger partial charge is 0.146 e. The fourth-order valence-corrected chi connectivity index (χ4v) is 2.81. The Morgan fingerprint density at radius 3 is 2.61 bits per heavy atom. The van der Waals surface area contributed by atoms with Crippen molar-refractivity contribution in [2.75, 3.05) is 18.5 Å². The Hall–Kier alpha value is -1.09. The lowest BCUT2D eigenvalue weighted by Gasteiger charge is -2.28.